The van der Waals surface area contributed by atoms with E-state index < -0.39 is 17.5 Å². The number of halogens is 1. The molecular weight excluding hydrogens is 606 g/mol. The van der Waals surface area contributed by atoms with E-state index in [0.717, 1.165) is 16.8 Å². The van der Waals surface area contributed by atoms with E-state index >= 15 is 0 Å². The summed E-state index contributed by atoms with van der Waals surface area (Å²) in [6.45, 7) is 3.83. The lowest BCUT2D eigenvalue weighted by molar-refractivity contribution is -0.138. The van der Waals surface area contributed by atoms with Crippen LogP contribution in [-0.4, -0.2) is 66.9 Å². The highest BCUT2D eigenvalue weighted by Crippen LogP contribution is 2.43. The third-order valence-electron chi connectivity index (χ3n) is 8.81. The zero-order chi connectivity index (χ0) is 32.4. The molecule has 0 saturated carbocycles. The van der Waals surface area contributed by atoms with Gasteiger partial charge in [-0.2, -0.15) is 9.78 Å². The quantitative estimate of drug-likeness (QED) is 0.279. The molecule has 0 N–H and O–H groups in total. The predicted octanol–water partition coefficient (Wildman–Crippen LogP) is 5.04. The minimum absolute atomic E-state index is 0.0206. The van der Waals surface area contributed by atoms with Crippen molar-refractivity contribution in [2.45, 2.75) is 25.8 Å². The molecule has 2 saturated heterocycles. The van der Waals surface area contributed by atoms with E-state index in [-0.39, 0.29) is 23.3 Å². The van der Waals surface area contributed by atoms with Crippen molar-refractivity contribution >= 4 is 34.8 Å². The molecule has 2 aliphatic rings. The van der Waals surface area contributed by atoms with Gasteiger partial charge in [-0.3, -0.25) is 14.4 Å². The molecule has 3 aromatic carbocycles. The summed E-state index contributed by atoms with van der Waals surface area (Å²) in [7, 11) is 3.14. The largest absolute Gasteiger partial charge is 0.493 e. The fourth-order valence-electron chi connectivity index (χ4n) is 6.38. The molecule has 2 fully saturated rings. The lowest BCUT2D eigenvalue weighted by atomic mass is 9.82. The standard InChI is InChI=1S/C35H36ClN5O5/c1-23-9-12-25(13-10-23)40-31(42)16-14-27(33(40)24-11-15-29(45-2)30(21-24)46-3)34(43)39-19-17-38(18-20-39)28-22-37-41(35(44)32(28)36)26-7-5-4-6-8-26/h4-13,15,21-22,27,33H,14,16-20H2,1-3H3. The van der Waals surface area contributed by atoms with Crippen LogP contribution in [0.3, 0.4) is 0 Å². The van der Waals surface area contributed by atoms with Crippen LogP contribution in [-0.2, 0) is 9.59 Å². The topological polar surface area (TPSA) is 97.2 Å². The molecule has 6 rings (SSSR count). The number of methoxy groups -OCH3 is 2. The Kier molecular flexibility index (Phi) is 8.99. The molecule has 3 heterocycles. The lowest BCUT2D eigenvalue weighted by Crippen LogP contribution is -2.54. The Morgan fingerprint density at radius 3 is 2.24 bits per heavy atom. The van der Waals surface area contributed by atoms with Crippen molar-refractivity contribution in [2.24, 2.45) is 5.92 Å². The number of para-hydroxylation sites is 1. The Balaban J connectivity index is 1.26. The number of aromatic nitrogens is 2. The highest BCUT2D eigenvalue weighted by atomic mass is 35.5. The Morgan fingerprint density at radius 2 is 1.57 bits per heavy atom. The molecule has 1 aromatic heterocycles. The normalized spacial score (nSPS) is 18.4. The molecule has 0 bridgehead atoms. The van der Waals surface area contributed by atoms with Crippen LogP contribution in [0.2, 0.25) is 5.02 Å². The molecule has 238 valence electrons. The fourth-order valence-corrected chi connectivity index (χ4v) is 6.63. The first-order chi connectivity index (χ1) is 22.3. The first kappa shape index (κ1) is 31.2. The van der Waals surface area contributed by atoms with Gasteiger partial charge < -0.3 is 24.2 Å². The molecule has 0 spiro atoms. The fraction of sp³-hybridized carbons (Fsp3) is 0.314. The van der Waals surface area contributed by atoms with Crippen LogP contribution in [0.15, 0.2) is 83.8 Å². The SMILES string of the molecule is COc1ccc(C2C(C(=O)N3CCN(c4cnn(-c5ccccc5)c(=O)c4Cl)CC3)CCC(=O)N2c2ccc(C)cc2)cc1OC. The van der Waals surface area contributed by atoms with Gasteiger partial charge in [0.25, 0.3) is 5.56 Å². The number of anilines is 2. The number of ether oxygens (including phenoxy) is 2. The summed E-state index contributed by atoms with van der Waals surface area (Å²) < 4.78 is 12.3. The van der Waals surface area contributed by atoms with Crippen molar-refractivity contribution in [3.63, 3.8) is 0 Å². The van der Waals surface area contributed by atoms with E-state index in [9.17, 15) is 14.4 Å². The molecule has 11 heteroatoms. The Morgan fingerprint density at radius 1 is 0.870 bits per heavy atom. The molecule has 46 heavy (non-hydrogen) atoms. The van der Waals surface area contributed by atoms with Crippen molar-refractivity contribution in [1.29, 1.82) is 0 Å². The number of hydrogen-bond donors (Lipinski definition) is 0. The van der Waals surface area contributed by atoms with Gasteiger partial charge in [-0.1, -0.05) is 53.6 Å². The summed E-state index contributed by atoms with van der Waals surface area (Å²) in [6, 6.07) is 21.9. The van der Waals surface area contributed by atoms with Crippen LogP contribution < -0.4 is 24.8 Å². The van der Waals surface area contributed by atoms with E-state index in [1.165, 1.54) is 4.68 Å². The molecular formula is C35H36ClN5O5. The summed E-state index contributed by atoms with van der Waals surface area (Å²) in [6.07, 6.45) is 2.28. The maximum absolute atomic E-state index is 14.3. The first-order valence-electron chi connectivity index (χ1n) is 15.3. The lowest BCUT2D eigenvalue weighted by Gasteiger charge is -2.44. The van der Waals surface area contributed by atoms with Gasteiger partial charge in [-0.15, -0.1) is 0 Å². The summed E-state index contributed by atoms with van der Waals surface area (Å²) in [5.74, 6) is 0.557. The molecule has 2 aliphatic heterocycles. The molecule has 2 atom stereocenters. The Labute approximate surface area is 272 Å². The molecule has 10 nitrogen and oxygen atoms in total. The van der Waals surface area contributed by atoms with Gasteiger partial charge >= 0.3 is 0 Å². The van der Waals surface area contributed by atoms with Gasteiger partial charge in [0.2, 0.25) is 11.8 Å². The van der Waals surface area contributed by atoms with Gasteiger partial charge in [-0.05, 0) is 55.3 Å². The maximum atomic E-state index is 14.3. The van der Waals surface area contributed by atoms with E-state index in [2.05, 4.69) is 5.10 Å². The predicted molar refractivity (Wildman–Crippen MR) is 177 cm³/mol. The summed E-state index contributed by atoms with van der Waals surface area (Å²) in [4.78, 5) is 46.6. The van der Waals surface area contributed by atoms with Gasteiger partial charge in [0.15, 0.2) is 11.5 Å². The molecule has 2 unspecified atom stereocenters. The van der Waals surface area contributed by atoms with E-state index in [1.54, 1.807) is 37.4 Å². The van der Waals surface area contributed by atoms with E-state index in [4.69, 9.17) is 21.1 Å². The smallest absolute Gasteiger partial charge is 0.292 e. The second-order valence-corrected chi connectivity index (χ2v) is 11.9. The van der Waals surface area contributed by atoms with Gasteiger partial charge in [0, 0.05) is 38.3 Å². The van der Waals surface area contributed by atoms with Gasteiger partial charge in [0.1, 0.15) is 5.02 Å². The monoisotopic (exact) mass is 641 g/mol. The Hall–Kier alpha value is -4.83. The second kappa shape index (κ2) is 13.3. The maximum Gasteiger partial charge on any atom is 0.292 e. The molecule has 0 aliphatic carbocycles. The zero-order valence-corrected chi connectivity index (χ0v) is 26.8. The van der Waals surface area contributed by atoms with Crippen molar-refractivity contribution < 1.29 is 19.1 Å². The van der Waals surface area contributed by atoms with Crippen molar-refractivity contribution in [1.82, 2.24) is 14.7 Å². The van der Waals surface area contributed by atoms with E-state index in [0.29, 0.717) is 55.5 Å². The minimum atomic E-state index is -0.543. The number of amides is 2. The van der Waals surface area contributed by atoms with Gasteiger partial charge in [-0.25, -0.2) is 0 Å². The highest BCUT2D eigenvalue weighted by molar-refractivity contribution is 6.33. The summed E-state index contributed by atoms with van der Waals surface area (Å²) in [5, 5.41) is 4.46. The van der Waals surface area contributed by atoms with Crippen molar-refractivity contribution in [3.8, 4) is 17.2 Å². The summed E-state index contributed by atoms with van der Waals surface area (Å²) >= 11 is 6.58. The summed E-state index contributed by atoms with van der Waals surface area (Å²) in [5.41, 5.74) is 3.39. The molecule has 4 aromatic rings. The van der Waals surface area contributed by atoms with Crippen LogP contribution in [0.4, 0.5) is 11.4 Å². The third-order valence-corrected chi connectivity index (χ3v) is 9.16. The molecule has 0 radical (unpaired) electrons. The number of carbonyl (C=O) groups excluding carboxylic acids is 2. The van der Waals surface area contributed by atoms with Crippen LogP contribution in [0.5, 0.6) is 11.5 Å². The van der Waals surface area contributed by atoms with Crippen LogP contribution in [0.25, 0.3) is 5.69 Å². The Bertz CT molecular complexity index is 1790. The number of piperazine rings is 1. The minimum Gasteiger partial charge on any atom is -0.493 e. The molecule has 2 amide bonds. The number of aryl methyl sites for hydroxylation is 1. The zero-order valence-electron chi connectivity index (χ0n) is 26.1. The van der Waals surface area contributed by atoms with Crippen LogP contribution in [0.1, 0.15) is 30.0 Å². The van der Waals surface area contributed by atoms with Crippen LogP contribution >= 0.6 is 11.6 Å². The average Bonchev–Trinajstić information content (AvgIpc) is 3.09. The number of nitrogens with zero attached hydrogens (tertiary/aromatic N) is 5. The number of piperidine rings is 1. The number of benzene rings is 3. The van der Waals surface area contributed by atoms with E-state index in [1.807, 2.05) is 77.4 Å². The van der Waals surface area contributed by atoms with Crippen molar-refractivity contribution in [2.75, 3.05) is 50.2 Å². The average molecular weight is 642 g/mol. The number of carbonyl (C=O) groups is 2. The highest BCUT2D eigenvalue weighted by Gasteiger charge is 2.43. The number of rotatable bonds is 7. The number of hydrogen-bond acceptors (Lipinski definition) is 7. The van der Waals surface area contributed by atoms with Gasteiger partial charge in [0.05, 0.1) is 43.8 Å². The van der Waals surface area contributed by atoms with Crippen molar-refractivity contribution in [3.05, 3.63) is 105 Å². The second-order valence-electron chi connectivity index (χ2n) is 11.5. The third kappa shape index (κ3) is 5.92. The van der Waals surface area contributed by atoms with Crippen LogP contribution in [0, 0.1) is 12.8 Å². The first-order valence-corrected chi connectivity index (χ1v) is 15.7.